The molecule has 0 radical (unpaired) electrons. The van der Waals surface area contributed by atoms with Crippen molar-refractivity contribution in [1.82, 2.24) is 9.80 Å². The van der Waals surface area contributed by atoms with Gasteiger partial charge in [-0.15, -0.1) is 11.3 Å². The SMILES string of the molecule is COc1cccc(O)c1CN1CCC([C@@H](Cc2ccccc2F)N(C)C(=O)c2cccs2)CC1. The van der Waals surface area contributed by atoms with Crippen LogP contribution in [-0.4, -0.2) is 54.1 Å². The predicted molar refractivity (Wildman–Crippen MR) is 133 cm³/mol. The smallest absolute Gasteiger partial charge is 0.263 e. The molecule has 1 atom stereocenters. The maximum absolute atomic E-state index is 14.5. The minimum Gasteiger partial charge on any atom is -0.507 e. The van der Waals surface area contributed by atoms with Crippen LogP contribution in [0.1, 0.15) is 33.6 Å². The second-order valence-electron chi connectivity index (χ2n) is 8.83. The summed E-state index contributed by atoms with van der Waals surface area (Å²) in [6.45, 7) is 2.26. The zero-order valence-corrected chi connectivity index (χ0v) is 20.4. The molecule has 1 aromatic heterocycles. The van der Waals surface area contributed by atoms with Crippen LogP contribution in [0, 0.1) is 11.7 Å². The van der Waals surface area contributed by atoms with Crippen molar-refractivity contribution in [1.29, 1.82) is 0 Å². The fourth-order valence-corrected chi connectivity index (χ4v) is 5.56. The third-order valence-electron chi connectivity index (χ3n) is 6.82. The van der Waals surface area contributed by atoms with Gasteiger partial charge in [-0.05, 0) is 73.5 Å². The summed E-state index contributed by atoms with van der Waals surface area (Å²) >= 11 is 1.43. The van der Waals surface area contributed by atoms with Crippen LogP contribution in [0.15, 0.2) is 60.0 Å². The third kappa shape index (κ3) is 5.42. The summed E-state index contributed by atoms with van der Waals surface area (Å²) in [6, 6.07) is 15.8. The van der Waals surface area contributed by atoms with Gasteiger partial charge < -0.3 is 14.7 Å². The van der Waals surface area contributed by atoms with E-state index in [1.165, 1.54) is 17.4 Å². The van der Waals surface area contributed by atoms with Crippen molar-refractivity contribution in [2.45, 2.75) is 31.8 Å². The van der Waals surface area contributed by atoms with Crippen LogP contribution < -0.4 is 4.74 Å². The summed E-state index contributed by atoms with van der Waals surface area (Å²) in [7, 11) is 3.45. The first-order valence-electron chi connectivity index (χ1n) is 11.6. The maximum Gasteiger partial charge on any atom is 0.263 e. The number of halogens is 1. The van der Waals surface area contributed by atoms with Gasteiger partial charge in [0.2, 0.25) is 0 Å². The van der Waals surface area contributed by atoms with E-state index < -0.39 is 0 Å². The number of amides is 1. The quantitative estimate of drug-likeness (QED) is 0.480. The van der Waals surface area contributed by atoms with Crippen molar-refractivity contribution in [2.24, 2.45) is 5.92 Å². The lowest BCUT2D eigenvalue weighted by Crippen LogP contribution is -2.47. The lowest BCUT2D eigenvalue weighted by atomic mass is 9.84. The van der Waals surface area contributed by atoms with Crippen LogP contribution in [0.25, 0.3) is 0 Å². The van der Waals surface area contributed by atoms with E-state index in [9.17, 15) is 14.3 Å². The fraction of sp³-hybridized carbons (Fsp3) is 0.370. The van der Waals surface area contributed by atoms with E-state index in [2.05, 4.69) is 4.90 Å². The lowest BCUT2D eigenvalue weighted by molar-refractivity contribution is 0.0586. The van der Waals surface area contributed by atoms with E-state index in [1.807, 2.05) is 47.7 Å². The first kappa shape index (κ1) is 24.2. The molecule has 2 heterocycles. The van der Waals surface area contributed by atoms with Crippen molar-refractivity contribution in [3.05, 3.63) is 81.8 Å². The number of hydrogen-bond donors (Lipinski definition) is 1. The largest absolute Gasteiger partial charge is 0.507 e. The number of methoxy groups -OCH3 is 1. The molecular formula is C27H31FN2O3S. The zero-order valence-electron chi connectivity index (χ0n) is 19.6. The van der Waals surface area contributed by atoms with Gasteiger partial charge in [0.15, 0.2) is 0 Å². The first-order valence-corrected chi connectivity index (χ1v) is 12.5. The molecule has 1 aliphatic heterocycles. The number of piperidine rings is 1. The molecule has 0 unspecified atom stereocenters. The summed E-state index contributed by atoms with van der Waals surface area (Å²) in [5, 5.41) is 12.2. The predicted octanol–water partition coefficient (Wildman–Crippen LogP) is 5.20. The Morgan fingerprint density at radius 2 is 1.94 bits per heavy atom. The molecule has 2 aromatic carbocycles. The van der Waals surface area contributed by atoms with Crippen molar-refractivity contribution in [3.8, 4) is 11.5 Å². The number of likely N-dealkylation sites (tertiary alicyclic amines) is 1. The van der Waals surface area contributed by atoms with Crippen LogP contribution in [0.2, 0.25) is 0 Å². The highest BCUT2D eigenvalue weighted by Crippen LogP contribution is 2.32. The summed E-state index contributed by atoms with van der Waals surface area (Å²) < 4.78 is 20.0. The highest BCUT2D eigenvalue weighted by atomic mass is 32.1. The molecule has 1 fully saturated rings. The van der Waals surface area contributed by atoms with E-state index in [0.717, 1.165) is 31.5 Å². The number of hydrogen-bond acceptors (Lipinski definition) is 5. The monoisotopic (exact) mass is 482 g/mol. The maximum atomic E-state index is 14.5. The molecule has 1 amide bonds. The average Bonchev–Trinajstić information content (AvgIpc) is 3.39. The molecule has 1 N–H and O–H groups in total. The van der Waals surface area contributed by atoms with Gasteiger partial charge in [0.05, 0.1) is 12.0 Å². The molecule has 3 aromatic rings. The Bertz CT molecular complexity index is 1100. The molecule has 1 aliphatic rings. The van der Waals surface area contributed by atoms with Gasteiger partial charge in [-0.25, -0.2) is 4.39 Å². The van der Waals surface area contributed by atoms with Gasteiger partial charge >= 0.3 is 0 Å². The number of carbonyl (C=O) groups is 1. The molecule has 34 heavy (non-hydrogen) atoms. The topological polar surface area (TPSA) is 53.0 Å². The molecule has 4 rings (SSSR count). The Kier molecular flexibility index (Phi) is 7.85. The van der Waals surface area contributed by atoms with Crippen LogP contribution in [-0.2, 0) is 13.0 Å². The Morgan fingerprint density at radius 1 is 1.18 bits per heavy atom. The van der Waals surface area contributed by atoms with Crippen molar-refractivity contribution < 1.29 is 19.0 Å². The average molecular weight is 483 g/mol. The second-order valence-corrected chi connectivity index (χ2v) is 9.78. The van der Waals surface area contributed by atoms with Crippen LogP contribution in [0.5, 0.6) is 11.5 Å². The van der Waals surface area contributed by atoms with E-state index in [1.54, 1.807) is 25.3 Å². The number of phenolic OH excluding ortho intramolecular Hbond substituents is 1. The summed E-state index contributed by atoms with van der Waals surface area (Å²) in [5.74, 6) is 0.920. The van der Waals surface area contributed by atoms with Gasteiger partial charge in [0, 0.05) is 25.2 Å². The second kappa shape index (κ2) is 11.0. The lowest BCUT2D eigenvalue weighted by Gasteiger charge is -2.40. The number of rotatable bonds is 8. The molecule has 180 valence electrons. The summed E-state index contributed by atoms with van der Waals surface area (Å²) in [4.78, 5) is 18.0. The van der Waals surface area contributed by atoms with Crippen molar-refractivity contribution in [3.63, 3.8) is 0 Å². The van der Waals surface area contributed by atoms with E-state index in [0.29, 0.717) is 29.2 Å². The van der Waals surface area contributed by atoms with E-state index in [4.69, 9.17) is 4.74 Å². The van der Waals surface area contributed by atoms with Gasteiger partial charge in [-0.1, -0.05) is 30.3 Å². The molecule has 1 saturated heterocycles. The molecule has 0 spiro atoms. The number of thiophene rings is 1. The van der Waals surface area contributed by atoms with E-state index in [-0.39, 0.29) is 29.4 Å². The van der Waals surface area contributed by atoms with E-state index >= 15 is 0 Å². The van der Waals surface area contributed by atoms with Gasteiger partial charge in [0.1, 0.15) is 17.3 Å². The Morgan fingerprint density at radius 3 is 2.62 bits per heavy atom. The minimum atomic E-state index is -0.228. The minimum absolute atomic E-state index is 0.0160. The standard InChI is InChI=1S/C27H31FN2O3S/c1-29(27(32)26-11-6-16-34-26)23(17-20-7-3-4-8-22(20)28)19-12-14-30(15-13-19)18-21-24(31)9-5-10-25(21)33-2/h3-11,16,19,23,31H,12-15,17-18H2,1-2H3/t23-/m1/s1. The van der Waals surface area contributed by atoms with Crippen LogP contribution >= 0.6 is 11.3 Å². The Hall–Kier alpha value is -2.90. The number of ether oxygens (including phenoxy) is 1. The molecule has 0 saturated carbocycles. The third-order valence-corrected chi connectivity index (χ3v) is 7.68. The Labute approximate surface area is 204 Å². The molecule has 0 bridgehead atoms. The number of aromatic hydroxyl groups is 1. The zero-order chi connectivity index (χ0) is 24.1. The number of nitrogens with zero attached hydrogens (tertiary/aromatic N) is 2. The highest BCUT2D eigenvalue weighted by molar-refractivity contribution is 7.12. The Balaban J connectivity index is 1.49. The fourth-order valence-electron chi connectivity index (χ4n) is 4.86. The van der Waals surface area contributed by atoms with Gasteiger partial charge in [0.25, 0.3) is 5.91 Å². The number of phenols is 1. The summed E-state index contributed by atoms with van der Waals surface area (Å²) in [5.41, 5.74) is 1.43. The van der Waals surface area contributed by atoms with Crippen molar-refractivity contribution >= 4 is 17.2 Å². The number of carbonyl (C=O) groups excluding carboxylic acids is 1. The molecule has 7 heteroatoms. The van der Waals surface area contributed by atoms with Crippen LogP contribution in [0.3, 0.4) is 0 Å². The van der Waals surface area contributed by atoms with Gasteiger partial charge in [-0.2, -0.15) is 0 Å². The van der Waals surface area contributed by atoms with Gasteiger partial charge in [-0.3, -0.25) is 9.69 Å². The molecular weight excluding hydrogens is 451 g/mol. The van der Waals surface area contributed by atoms with Crippen molar-refractivity contribution in [2.75, 3.05) is 27.2 Å². The number of likely N-dealkylation sites (N-methyl/N-ethyl adjacent to an activating group) is 1. The molecule has 0 aliphatic carbocycles. The highest BCUT2D eigenvalue weighted by Gasteiger charge is 2.33. The summed E-state index contributed by atoms with van der Waals surface area (Å²) in [6.07, 6.45) is 2.26. The normalized spacial score (nSPS) is 15.7. The molecule has 5 nitrogen and oxygen atoms in total. The first-order chi connectivity index (χ1) is 16.5. The van der Waals surface area contributed by atoms with Crippen LogP contribution in [0.4, 0.5) is 4.39 Å². The number of benzene rings is 2.